The minimum absolute atomic E-state index is 0. The summed E-state index contributed by atoms with van der Waals surface area (Å²) >= 11 is 0. The van der Waals surface area contributed by atoms with Crippen molar-refractivity contribution in [1.29, 1.82) is 0 Å². The average molecular weight is 194 g/mol. The second-order valence-electron chi connectivity index (χ2n) is 0.957. The summed E-state index contributed by atoms with van der Waals surface area (Å²) in [7, 11) is 0. The van der Waals surface area contributed by atoms with Crippen molar-refractivity contribution in [3.05, 3.63) is 19.1 Å². The first-order valence-electron chi connectivity index (χ1n) is 1.21. The summed E-state index contributed by atoms with van der Waals surface area (Å²) in [5.74, 6) is 0. The number of hydrogen-bond acceptors (Lipinski definition) is 0. The summed E-state index contributed by atoms with van der Waals surface area (Å²) < 4.78 is 0. The molecule has 0 aliphatic heterocycles. The van der Waals surface area contributed by atoms with E-state index in [1.807, 2.05) is 6.92 Å². The van der Waals surface area contributed by atoms with E-state index < -0.39 is 0 Å². The third kappa shape index (κ3) is 173. The maximum atomic E-state index is 3.44. The van der Waals surface area contributed by atoms with Gasteiger partial charge in [0.1, 0.15) is 0 Å². The summed E-state index contributed by atoms with van der Waals surface area (Å²) in [6.07, 6.45) is 0. The van der Waals surface area contributed by atoms with E-state index in [-0.39, 0.29) is 33.5 Å². The molecule has 0 spiro atoms. The molecule has 0 aliphatic carbocycles. The molecular weight excluding hydrogens is 187 g/mol. The molecule has 0 rings (SSSR count). The predicted molar refractivity (Wildman–Crippen MR) is 20.2 cm³/mol. The van der Waals surface area contributed by atoms with E-state index in [1.54, 1.807) is 0 Å². The molecule has 0 saturated heterocycles. The molecule has 40 valence electrons. The van der Waals surface area contributed by atoms with Crippen LogP contribution in [-0.4, -0.2) is 0 Å². The van der Waals surface area contributed by atoms with Crippen molar-refractivity contribution in [1.82, 2.24) is 0 Å². The van der Waals surface area contributed by atoms with Gasteiger partial charge < -0.3 is 17.0 Å². The maximum Gasteiger partial charge on any atom is 2.00 e. The molecule has 0 aromatic heterocycles. The Labute approximate surface area is 59.7 Å². The van der Waals surface area contributed by atoms with Crippen LogP contribution in [0.3, 0.4) is 0 Å². The van der Waals surface area contributed by atoms with Gasteiger partial charge in [-0.1, -0.05) is 6.92 Å². The van der Waals surface area contributed by atoms with Gasteiger partial charge in [0, 0.05) is 0 Å². The van der Waals surface area contributed by atoms with Crippen molar-refractivity contribution < 1.29 is 33.5 Å². The summed E-state index contributed by atoms with van der Waals surface area (Å²) in [6.45, 7) is 8.75. The Bertz CT molecular complexity index is 30.5. The predicted octanol–water partition coefficient (Wildman–Crippen LogP) is -1.60. The summed E-state index contributed by atoms with van der Waals surface area (Å²) in [5, 5.41) is 0. The fraction of sp³-hybridized carbons (Fsp3) is 0.250. The van der Waals surface area contributed by atoms with Gasteiger partial charge in [0.15, 0.2) is 0 Å². The second kappa shape index (κ2) is 9.13. The molecule has 0 aromatic carbocycles. The Balaban J connectivity index is -0.0000000450. The van der Waals surface area contributed by atoms with E-state index in [0.29, 0.717) is 0 Å². The van der Waals surface area contributed by atoms with Gasteiger partial charge in [-0.3, -0.25) is 0 Å². The third-order valence-electron chi connectivity index (χ3n) is 0. The smallest absolute Gasteiger partial charge is 1.00 e. The van der Waals surface area contributed by atoms with Crippen LogP contribution in [0, 0.1) is 6.92 Å². The zero-order chi connectivity index (χ0) is 3.58. The van der Waals surface area contributed by atoms with Crippen LogP contribution in [-0.2, 0) is 16.5 Å². The molecule has 0 unspecified atom stereocenters. The first-order valence-corrected chi connectivity index (χ1v) is 1.21. The van der Waals surface area contributed by atoms with E-state index in [1.165, 1.54) is 0 Å². The van der Waals surface area contributed by atoms with Crippen LogP contribution >= 0.6 is 0 Å². The van der Waals surface area contributed by atoms with Crippen LogP contribution in [0.15, 0.2) is 12.2 Å². The van der Waals surface area contributed by atoms with Gasteiger partial charge in [-0.2, -0.15) is 0 Å². The minimum atomic E-state index is 0. The first kappa shape index (κ1) is 16.0. The van der Waals surface area contributed by atoms with Crippen LogP contribution in [0.5, 0.6) is 0 Å². The normalized spacial score (nSPS) is 4.17. The molecule has 0 aromatic rings. The van der Waals surface area contributed by atoms with E-state index in [0.717, 1.165) is 5.57 Å². The molecule has 0 bridgehead atoms. The Hall–Kier alpha value is 0.584. The zero-order valence-electron chi connectivity index (χ0n) is 3.61. The van der Waals surface area contributed by atoms with Gasteiger partial charge in [-0.05, 0) is 0 Å². The van der Waals surface area contributed by atoms with Crippen molar-refractivity contribution in [3.8, 4) is 0 Å². The van der Waals surface area contributed by atoms with Gasteiger partial charge in [-0.25, -0.2) is 19.1 Å². The monoisotopic (exact) mass is 192 g/mol. The fourth-order valence-corrected chi connectivity index (χ4v) is 0. The quantitative estimate of drug-likeness (QED) is 0.321. The van der Waals surface area contributed by atoms with Crippen LogP contribution < -0.4 is 17.0 Å². The molecule has 0 amide bonds. The first-order chi connectivity index (χ1) is 1.73. The van der Waals surface area contributed by atoms with Gasteiger partial charge in [0.2, 0.25) is 0 Å². The van der Waals surface area contributed by atoms with Gasteiger partial charge in [0.05, 0.1) is 0 Å². The molecule has 0 heterocycles. The van der Waals surface area contributed by atoms with Crippen LogP contribution in [0.25, 0.3) is 0 Å². The molecule has 0 fully saturated rings. The van der Waals surface area contributed by atoms with Gasteiger partial charge >= 0.3 is 16.5 Å². The van der Waals surface area contributed by atoms with Gasteiger partial charge in [-0.15, -0.1) is 0 Å². The van der Waals surface area contributed by atoms with E-state index >= 15 is 0 Å². The molecule has 6 heavy (non-hydrogen) atoms. The summed E-state index contributed by atoms with van der Waals surface area (Å²) in [5.41, 5.74) is 0.917. The van der Waals surface area contributed by atoms with E-state index in [2.05, 4.69) is 13.5 Å². The number of rotatable bonds is 0. The fourth-order valence-electron chi connectivity index (χ4n) is 0. The molecule has 0 saturated carbocycles. The Morgan fingerprint density at radius 2 is 1.67 bits per heavy atom. The van der Waals surface area contributed by atoms with Crippen molar-refractivity contribution in [3.63, 3.8) is 0 Å². The van der Waals surface area contributed by atoms with Crippen LogP contribution in [0.1, 0.15) is 6.92 Å². The zero-order valence-corrected chi connectivity index (χ0v) is 6.18. The summed E-state index contributed by atoms with van der Waals surface area (Å²) in [4.78, 5) is 0. The molecule has 0 radical (unpaired) electrons. The van der Waals surface area contributed by atoms with Crippen molar-refractivity contribution in [2.45, 2.75) is 6.92 Å². The number of halogens is 1. The van der Waals surface area contributed by atoms with Crippen molar-refractivity contribution in [2.75, 3.05) is 0 Å². The molecular formula is C4H7BrNi. The van der Waals surface area contributed by atoms with Crippen LogP contribution in [0.4, 0.5) is 0 Å². The standard InChI is InChI=1S/C4H7.BrH.Ni/c1-4(2)3;;/h1-2H2,3H3;1H;/q-1;;+2/p-1. The Morgan fingerprint density at radius 3 is 1.67 bits per heavy atom. The van der Waals surface area contributed by atoms with Gasteiger partial charge in [0.25, 0.3) is 0 Å². The SMILES string of the molecule is C=C([CH2-])C.[Br-].[Ni+2]. The minimum Gasteiger partial charge on any atom is -1.00 e. The van der Waals surface area contributed by atoms with Crippen LogP contribution in [0.2, 0.25) is 0 Å². The third-order valence-corrected chi connectivity index (χ3v) is 0. The Kier molecular flexibility index (Phi) is 24.3. The van der Waals surface area contributed by atoms with E-state index in [4.69, 9.17) is 0 Å². The average Bonchev–Trinajstić information content (AvgIpc) is 0.811. The topological polar surface area (TPSA) is 0 Å². The Morgan fingerprint density at radius 1 is 1.67 bits per heavy atom. The number of allylic oxidation sites excluding steroid dienone is 1. The molecule has 0 atom stereocenters. The van der Waals surface area contributed by atoms with Crippen molar-refractivity contribution in [2.24, 2.45) is 0 Å². The molecule has 0 N–H and O–H groups in total. The molecule has 0 aliphatic rings. The second-order valence-corrected chi connectivity index (χ2v) is 0.957. The largest absolute Gasteiger partial charge is 2.00 e. The maximum absolute atomic E-state index is 3.44. The van der Waals surface area contributed by atoms with E-state index in [9.17, 15) is 0 Å². The summed E-state index contributed by atoms with van der Waals surface area (Å²) in [6, 6.07) is 0. The van der Waals surface area contributed by atoms with Crippen molar-refractivity contribution >= 4 is 0 Å². The molecule has 2 heteroatoms. The molecule has 0 nitrogen and oxygen atoms in total. The number of hydrogen-bond donors (Lipinski definition) is 0.